The van der Waals surface area contributed by atoms with Gasteiger partial charge in [0.2, 0.25) is 11.8 Å². The van der Waals surface area contributed by atoms with Crippen LogP contribution in [-0.4, -0.2) is 91.2 Å². The number of nitrogens with zero attached hydrogens (tertiary/aromatic N) is 3. The molecule has 2 aromatic carbocycles. The molecule has 0 aromatic heterocycles. The summed E-state index contributed by atoms with van der Waals surface area (Å²) in [5.41, 5.74) is 2.37. The zero-order chi connectivity index (χ0) is 29.4. The first-order valence-electron chi connectivity index (χ1n) is 13.7. The van der Waals surface area contributed by atoms with Crippen LogP contribution in [0.5, 0.6) is 5.75 Å². The normalized spacial score (nSPS) is 18.6. The summed E-state index contributed by atoms with van der Waals surface area (Å²) in [6, 6.07) is 10.8. The Morgan fingerprint density at radius 3 is 2.60 bits per heavy atom. The van der Waals surface area contributed by atoms with E-state index in [0.717, 1.165) is 18.5 Å². The number of likely N-dealkylation sites (N-methyl/N-ethyl adjacent to an activating group) is 1. The maximum atomic E-state index is 13.4. The van der Waals surface area contributed by atoms with E-state index in [-0.39, 0.29) is 42.9 Å². The van der Waals surface area contributed by atoms with Crippen molar-refractivity contribution in [3.63, 3.8) is 0 Å². The Bertz CT molecular complexity index is 1160. The largest absolute Gasteiger partial charge is 0.488 e. The van der Waals surface area contributed by atoms with Crippen molar-refractivity contribution in [2.75, 3.05) is 52.7 Å². The van der Waals surface area contributed by atoms with Gasteiger partial charge in [-0.25, -0.2) is 0 Å². The molecule has 0 aliphatic carbocycles. The third kappa shape index (κ3) is 9.35. The summed E-state index contributed by atoms with van der Waals surface area (Å²) < 4.78 is 6.59. The molecule has 0 saturated carbocycles. The first-order chi connectivity index (χ1) is 19.0. The summed E-state index contributed by atoms with van der Waals surface area (Å²) in [6.07, 6.45) is 1.05. The summed E-state index contributed by atoms with van der Waals surface area (Å²) in [5, 5.41) is 13.9. The van der Waals surface area contributed by atoms with Crippen LogP contribution in [0.2, 0.25) is 10.0 Å². The number of carbonyl (C=O) groups excluding carboxylic acids is 2. The summed E-state index contributed by atoms with van der Waals surface area (Å²) in [7, 11) is 5.97. The molecule has 0 unspecified atom stereocenters. The van der Waals surface area contributed by atoms with Gasteiger partial charge in [-0.3, -0.25) is 14.5 Å². The summed E-state index contributed by atoms with van der Waals surface area (Å²) in [5.74, 6) is 0.453. The van der Waals surface area contributed by atoms with Gasteiger partial charge in [0.1, 0.15) is 11.9 Å². The SMILES string of the molecule is C[C@@H]1CN([C@H](C)CO)C(=O)Cc2cc(NC(=O)CCCN(C)C)ccc2O[C@H]1CN(C)Cc1ccc(Cl)c(Cl)c1. The zero-order valence-corrected chi connectivity index (χ0v) is 25.6. The smallest absolute Gasteiger partial charge is 0.227 e. The second kappa shape index (κ2) is 15.0. The van der Waals surface area contributed by atoms with Crippen LogP contribution in [-0.2, 0) is 22.6 Å². The van der Waals surface area contributed by atoms with Crippen molar-refractivity contribution in [3.05, 3.63) is 57.6 Å². The highest BCUT2D eigenvalue weighted by molar-refractivity contribution is 6.42. The maximum absolute atomic E-state index is 13.4. The lowest BCUT2D eigenvalue weighted by Crippen LogP contribution is -2.47. The number of aliphatic hydroxyl groups excluding tert-OH is 1. The molecule has 1 heterocycles. The van der Waals surface area contributed by atoms with Crippen molar-refractivity contribution in [3.8, 4) is 5.75 Å². The van der Waals surface area contributed by atoms with Crippen molar-refractivity contribution in [2.45, 2.75) is 51.8 Å². The molecule has 40 heavy (non-hydrogen) atoms. The van der Waals surface area contributed by atoms with E-state index in [0.29, 0.717) is 53.1 Å². The fourth-order valence-corrected chi connectivity index (χ4v) is 5.15. The molecule has 0 fully saturated rings. The Morgan fingerprint density at radius 1 is 1.18 bits per heavy atom. The number of amides is 2. The van der Waals surface area contributed by atoms with E-state index in [4.69, 9.17) is 27.9 Å². The Morgan fingerprint density at radius 2 is 1.93 bits per heavy atom. The Hall–Kier alpha value is -2.36. The monoisotopic (exact) mass is 592 g/mol. The fourth-order valence-electron chi connectivity index (χ4n) is 4.83. The molecule has 3 rings (SSSR count). The zero-order valence-electron chi connectivity index (χ0n) is 24.1. The Kier molecular flexibility index (Phi) is 12.1. The molecular formula is C30H42Cl2N4O4. The van der Waals surface area contributed by atoms with Crippen LogP contribution < -0.4 is 10.1 Å². The van der Waals surface area contributed by atoms with Gasteiger partial charge in [-0.15, -0.1) is 0 Å². The van der Waals surface area contributed by atoms with E-state index in [2.05, 4.69) is 17.1 Å². The number of carbonyl (C=O) groups is 2. The number of nitrogens with one attached hydrogen (secondary N) is 1. The van der Waals surface area contributed by atoms with Crippen LogP contribution in [0.25, 0.3) is 0 Å². The highest BCUT2D eigenvalue weighted by atomic mass is 35.5. The van der Waals surface area contributed by atoms with Crippen LogP contribution in [0, 0.1) is 5.92 Å². The lowest BCUT2D eigenvalue weighted by atomic mass is 10.0. The molecule has 2 N–H and O–H groups in total. The Balaban J connectivity index is 1.83. The van der Waals surface area contributed by atoms with Crippen LogP contribution in [0.1, 0.15) is 37.8 Å². The molecule has 0 spiro atoms. The number of halogens is 2. The first kappa shape index (κ1) is 32.2. The van der Waals surface area contributed by atoms with E-state index in [9.17, 15) is 14.7 Å². The predicted octanol–water partition coefficient (Wildman–Crippen LogP) is 4.55. The third-order valence-electron chi connectivity index (χ3n) is 7.14. The average Bonchev–Trinajstić information content (AvgIpc) is 2.93. The van der Waals surface area contributed by atoms with Gasteiger partial charge in [0.05, 0.1) is 29.1 Å². The van der Waals surface area contributed by atoms with Crippen LogP contribution in [0.3, 0.4) is 0 Å². The van der Waals surface area contributed by atoms with Gasteiger partial charge in [0.15, 0.2) is 0 Å². The van der Waals surface area contributed by atoms with Gasteiger partial charge >= 0.3 is 0 Å². The van der Waals surface area contributed by atoms with Gasteiger partial charge in [-0.1, -0.05) is 36.2 Å². The second-order valence-corrected chi connectivity index (χ2v) is 11.9. The van der Waals surface area contributed by atoms with Gasteiger partial charge in [0, 0.05) is 43.2 Å². The van der Waals surface area contributed by atoms with E-state index in [1.807, 2.05) is 63.3 Å². The number of ether oxygens (including phenoxy) is 1. The average molecular weight is 594 g/mol. The second-order valence-electron chi connectivity index (χ2n) is 11.1. The standard InChI is InChI=1S/C30H42Cl2N4O4/c1-20-16-36(21(2)19-37)30(39)15-23-14-24(33-29(38)7-6-12-34(3)4)9-11-27(23)40-28(20)18-35(5)17-22-8-10-25(31)26(32)13-22/h8-11,13-14,20-21,28,37H,6-7,12,15-19H2,1-5H3,(H,33,38)/t20-,21-,28+/m1/s1. The minimum Gasteiger partial charge on any atom is -0.488 e. The summed E-state index contributed by atoms with van der Waals surface area (Å²) in [6.45, 7) is 6.31. The summed E-state index contributed by atoms with van der Waals surface area (Å²) >= 11 is 12.3. The number of fused-ring (bicyclic) bond motifs is 1. The van der Waals surface area contributed by atoms with Crippen LogP contribution >= 0.6 is 23.2 Å². The molecular weight excluding hydrogens is 551 g/mol. The molecule has 2 amide bonds. The molecule has 1 aliphatic heterocycles. The highest BCUT2D eigenvalue weighted by Gasteiger charge is 2.31. The fraction of sp³-hybridized carbons (Fsp3) is 0.533. The minimum atomic E-state index is -0.328. The van der Waals surface area contributed by atoms with Gasteiger partial charge in [-0.05, 0) is 76.9 Å². The molecule has 3 atom stereocenters. The minimum absolute atomic E-state index is 0.0174. The van der Waals surface area contributed by atoms with E-state index in [1.165, 1.54) is 0 Å². The van der Waals surface area contributed by atoms with E-state index < -0.39 is 0 Å². The number of hydrogen-bond acceptors (Lipinski definition) is 6. The quantitative estimate of drug-likeness (QED) is 0.398. The van der Waals surface area contributed by atoms with Crippen LogP contribution in [0.15, 0.2) is 36.4 Å². The van der Waals surface area contributed by atoms with Gasteiger partial charge < -0.3 is 25.0 Å². The molecule has 8 nitrogen and oxygen atoms in total. The van der Waals surface area contributed by atoms with Gasteiger partial charge in [-0.2, -0.15) is 0 Å². The number of rotatable bonds is 11. The van der Waals surface area contributed by atoms with Crippen molar-refractivity contribution >= 4 is 40.7 Å². The molecule has 1 aliphatic rings. The van der Waals surface area contributed by atoms with E-state index in [1.54, 1.807) is 11.0 Å². The van der Waals surface area contributed by atoms with E-state index >= 15 is 0 Å². The lowest BCUT2D eigenvalue weighted by molar-refractivity contribution is -0.134. The number of aliphatic hydroxyl groups is 1. The molecule has 0 bridgehead atoms. The highest BCUT2D eigenvalue weighted by Crippen LogP contribution is 2.30. The van der Waals surface area contributed by atoms with Crippen molar-refractivity contribution in [1.82, 2.24) is 14.7 Å². The van der Waals surface area contributed by atoms with Crippen molar-refractivity contribution in [1.29, 1.82) is 0 Å². The molecule has 220 valence electrons. The topological polar surface area (TPSA) is 85.3 Å². The molecule has 0 radical (unpaired) electrons. The summed E-state index contributed by atoms with van der Waals surface area (Å²) in [4.78, 5) is 31.9. The predicted molar refractivity (Wildman–Crippen MR) is 161 cm³/mol. The molecule has 10 heteroatoms. The van der Waals surface area contributed by atoms with Crippen molar-refractivity contribution < 1.29 is 19.4 Å². The number of benzene rings is 2. The molecule has 0 saturated heterocycles. The number of hydrogen-bond donors (Lipinski definition) is 2. The maximum Gasteiger partial charge on any atom is 0.227 e. The van der Waals surface area contributed by atoms with Crippen molar-refractivity contribution in [2.24, 2.45) is 5.92 Å². The number of anilines is 1. The first-order valence-corrected chi connectivity index (χ1v) is 14.5. The molecule has 2 aromatic rings. The third-order valence-corrected chi connectivity index (χ3v) is 7.88. The van der Waals surface area contributed by atoms with Gasteiger partial charge in [0.25, 0.3) is 0 Å². The Labute approximate surface area is 248 Å². The lowest BCUT2D eigenvalue weighted by Gasteiger charge is -2.34. The van der Waals surface area contributed by atoms with Crippen LogP contribution in [0.4, 0.5) is 5.69 Å².